The Morgan fingerprint density at radius 3 is 2.37 bits per heavy atom. The lowest BCUT2D eigenvalue weighted by atomic mass is 10.1. The van der Waals surface area contributed by atoms with Gasteiger partial charge in [0.25, 0.3) is 0 Å². The van der Waals surface area contributed by atoms with Crippen LogP contribution in [0.1, 0.15) is 5.69 Å². The molecule has 100 valence electrons. The van der Waals surface area contributed by atoms with Crippen molar-refractivity contribution in [1.82, 2.24) is 9.97 Å². The maximum absolute atomic E-state index is 13.4. The van der Waals surface area contributed by atoms with Crippen molar-refractivity contribution in [2.45, 2.75) is 6.18 Å². The van der Waals surface area contributed by atoms with Gasteiger partial charge in [-0.3, -0.25) is 0 Å². The Morgan fingerprint density at radius 1 is 1.11 bits per heavy atom. The van der Waals surface area contributed by atoms with Crippen LogP contribution in [-0.2, 0) is 6.18 Å². The summed E-state index contributed by atoms with van der Waals surface area (Å²) in [5.41, 5.74) is -3.54. The van der Waals surface area contributed by atoms with Crippen molar-refractivity contribution < 1.29 is 22.0 Å². The van der Waals surface area contributed by atoms with E-state index in [1.54, 1.807) is 0 Å². The fourth-order valence-electron chi connectivity index (χ4n) is 1.45. The van der Waals surface area contributed by atoms with Gasteiger partial charge in [-0.25, -0.2) is 13.6 Å². The van der Waals surface area contributed by atoms with E-state index in [1.165, 1.54) is 4.98 Å². The highest BCUT2D eigenvalue weighted by Gasteiger charge is 2.32. The summed E-state index contributed by atoms with van der Waals surface area (Å²) in [4.78, 5) is 15.8. The molecule has 0 saturated heterocycles. The maximum Gasteiger partial charge on any atom is 0.431 e. The number of alkyl halides is 3. The van der Waals surface area contributed by atoms with Gasteiger partial charge in [-0.05, 0) is 18.2 Å². The van der Waals surface area contributed by atoms with Gasteiger partial charge in [-0.2, -0.15) is 18.2 Å². The second-order valence-corrected chi connectivity index (χ2v) is 3.61. The lowest BCUT2D eigenvalue weighted by Crippen LogP contribution is -2.19. The molecule has 8 heteroatoms. The summed E-state index contributed by atoms with van der Waals surface area (Å²) in [6.07, 6.45) is -4.80. The standard InChI is InChI=1S/C11H5F5N2O/c12-5-1-2-6(7(13)3-5)8-4-9(11(14,15)16)18-10(19)17-8/h1-4H,(H,17,18,19). The molecule has 1 N–H and O–H groups in total. The molecule has 1 aromatic heterocycles. The van der Waals surface area contributed by atoms with Crippen molar-refractivity contribution in [3.63, 3.8) is 0 Å². The third-order valence-electron chi connectivity index (χ3n) is 2.26. The van der Waals surface area contributed by atoms with Gasteiger partial charge in [0.15, 0.2) is 0 Å². The van der Waals surface area contributed by atoms with Crippen molar-refractivity contribution in [2.24, 2.45) is 0 Å². The van der Waals surface area contributed by atoms with Crippen LogP contribution in [0, 0.1) is 11.6 Å². The van der Waals surface area contributed by atoms with E-state index >= 15 is 0 Å². The van der Waals surface area contributed by atoms with Crippen LogP contribution in [0.3, 0.4) is 0 Å². The molecule has 0 aliphatic heterocycles. The van der Waals surface area contributed by atoms with Crippen LogP contribution in [0.25, 0.3) is 11.3 Å². The van der Waals surface area contributed by atoms with Gasteiger partial charge in [-0.1, -0.05) is 0 Å². The number of aromatic amines is 1. The maximum atomic E-state index is 13.4. The van der Waals surface area contributed by atoms with Crippen LogP contribution in [0.15, 0.2) is 29.1 Å². The molecule has 0 unspecified atom stereocenters. The number of benzene rings is 1. The molecule has 0 fully saturated rings. The molecule has 2 rings (SSSR count). The first kappa shape index (κ1) is 13.2. The zero-order valence-corrected chi connectivity index (χ0v) is 9.05. The van der Waals surface area contributed by atoms with Crippen LogP contribution in [0.5, 0.6) is 0 Å². The van der Waals surface area contributed by atoms with Gasteiger partial charge in [-0.15, -0.1) is 0 Å². The van der Waals surface area contributed by atoms with Crippen LogP contribution in [0.4, 0.5) is 22.0 Å². The minimum Gasteiger partial charge on any atom is -0.302 e. The second kappa shape index (κ2) is 4.45. The van der Waals surface area contributed by atoms with Crippen molar-refractivity contribution in [3.05, 3.63) is 52.1 Å². The SMILES string of the molecule is O=c1nc(-c2ccc(F)cc2F)cc(C(F)(F)F)[nH]1. The Balaban J connectivity index is 2.63. The van der Waals surface area contributed by atoms with Crippen molar-refractivity contribution in [3.8, 4) is 11.3 Å². The molecule has 0 radical (unpaired) electrons. The smallest absolute Gasteiger partial charge is 0.302 e. The highest BCUT2D eigenvalue weighted by atomic mass is 19.4. The summed E-state index contributed by atoms with van der Waals surface area (Å²) in [5.74, 6) is -1.99. The molecule has 0 saturated carbocycles. The van der Waals surface area contributed by atoms with E-state index < -0.39 is 40.5 Å². The number of hydrogen-bond acceptors (Lipinski definition) is 2. The van der Waals surface area contributed by atoms with E-state index in [1.807, 2.05) is 0 Å². The number of hydrogen-bond donors (Lipinski definition) is 1. The van der Waals surface area contributed by atoms with Crippen molar-refractivity contribution in [2.75, 3.05) is 0 Å². The topological polar surface area (TPSA) is 45.8 Å². The minimum atomic E-state index is -4.80. The molecule has 0 aliphatic rings. The number of H-pyrrole nitrogens is 1. The Hall–Kier alpha value is -2.25. The average molecular weight is 276 g/mol. The van der Waals surface area contributed by atoms with E-state index in [4.69, 9.17) is 0 Å². The molecule has 2 aromatic rings. The molecule has 19 heavy (non-hydrogen) atoms. The largest absolute Gasteiger partial charge is 0.431 e. The van der Waals surface area contributed by atoms with E-state index in [-0.39, 0.29) is 0 Å². The van der Waals surface area contributed by atoms with Gasteiger partial charge in [0.1, 0.15) is 17.3 Å². The molecule has 0 spiro atoms. The van der Waals surface area contributed by atoms with Crippen molar-refractivity contribution in [1.29, 1.82) is 0 Å². The van der Waals surface area contributed by atoms with Gasteiger partial charge in [0.2, 0.25) is 0 Å². The minimum absolute atomic E-state index is 0.391. The fraction of sp³-hybridized carbons (Fsp3) is 0.0909. The van der Waals surface area contributed by atoms with E-state index in [0.717, 1.165) is 12.1 Å². The number of nitrogens with one attached hydrogen (secondary N) is 1. The summed E-state index contributed by atoms with van der Waals surface area (Å²) in [6, 6.07) is 2.74. The lowest BCUT2D eigenvalue weighted by Gasteiger charge is -2.08. The van der Waals surface area contributed by atoms with Crippen molar-refractivity contribution >= 4 is 0 Å². The summed E-state index contributed by atoms with van der Waals surface area (Å²) in [5, 5.41) is 0. The van der Waals surface area contributed by atoms with Crippen LogP contribution >= 0.6 is 0 Å². The molecule has 0 bridgehead atoms. The Morgan fingerprint density at radius 2 is 1.79 bits per heavy atom. The molecule has 1 aromatic carbocycles. The fourth-order valence-corrected chi connectivity index (χ4v) is 1.45. The quantitative estimate of drug-likeness (QED) is 0.814. The summed E-state index contributed by atoms with van der Waals surface area (Å²) in [7, 11) is 0. The summed E-state index contributed by atoms with van der Waals surface area (Å²) in [6.45, 7) is 0. The average Bonchev–Trinajstić information content (AvgIpc) is 2.26. The first-order chi connectivity index (χ1) is 8.77. The van der Waals surface area contributed by atoms with E-state index in [9.17, 15) is 26.7 Å². The second-order valence-electron chi connectivity index (χ2n) is 3.61. The van der Waals surface area contributed by atoms with E-state index in [0.29, 0.717) is 12.1 Å². The molecule has 3 nitrogen and oxygen atoms in total. The predicted molar refractivity (Wildman–Crippen MR) is 55.2 cm³/mol. The Kier molecular flexibility index (Phi) is 3.09. The molecule has 1 heterocycles. The molecule has 0 atom stereocenters. The summed E-state index contributed by atoms with van der Waals surface area (Å²) >= 11 is 0. The van der Waals surface area contributed by atoms with Gasteiger partial charge in [0.05, 0.1) is 5.69 Å². The number of halogens is 5. The molecule has 0 amide bonds. The predicted octanol–water partition coefficient (Wildman–Crippen LogP) is 2.73. The molecular weight excluding hydrogens is 271 g/mol. The van der Waals surface area contributed by atoms with Crippen LogP contribution in [-0.4, -0.2) is 9.97 Å². The number of aromatic nitrogens is 2. The summed E-state index contributed by atoms with van der Waals surface area (Å²) < 4.78 is 63.6. The number of rotatable bonds is 1. The molecule has 0 aliphatic carbocycles. The Labute approximate surface area is 102 Å². The first-order valence-electron chi connectivity index (χ1n) is 4.91. The van der Waals surface area contributed by atoms with E-state index in [2.05, 4.69) is 4.98 Å². The normalized spacial score (nSPS) is 11.6. The molecular formula is C11H5F5N2O. The number of nitrogens with zero attached hydrogens (tertiary/aromatic N) is 1. The van der Waals surface area contributed by atoms with Crippen LogP contribution in [0.2, 0.25) is 0 Å². The first-order valence-corrected chi connectivity index (χ1v) is 4.91. The monoisotopic (exact) mass is 276 g/mol. The highest BCUT2D eigenvalue weighted by molar-refractivity contribution is 5.59. The highest BCUT2D eigenvalue weighted by Crippen LogP contribution is 2.29. The van der Waals surface area contributed by atoms with Crippen LogP contribution < -0.4 is 5.69 Å². The van der Waals surface area contributed by atoms with Gasteiger partial charge < -0.3 is 4.98 Å². The third-order valence-corrected chi connectivity index (χ3v) is 2.26. The zero-order valence-electron chi connectivity index (χ0n) is 9.05. The van der Waals surface area contributed by atoms with Gasteiger partial charge >= 0.3 is 11.9 Å². The van der Waals surface area contributed by atoms with Gasteiger partial charge in [0, 0.05) is 11.6 Å². The lowest BCUT2D eigenvalue weighted by molar-refractivity contribution is -0.141. The zero-order chi connectivity index (χ0) is 14.2. The third kappa shape index (κ3) is 2.78. The Bertz CT molecular complexity index is 678.